The second kappa shape index (κ2) is 11.7. The third kappa shape index (κ3) is 6.79. The van der Waals surface area contributed by atoms with Crippen LogP contribution in [0.4, 0.5) is 0 Å². The normalized spacial score (nSPS) is 12.1. The Morgan fingerprint density at radius 1 is 0.808 bits per heavy atom. The number of ether oxygens (including phenoxy) is 3. The van der Waals surface area contributed by atoms with Gasteiger partial charge in [0.05, 0.1) is 19.8 Å². The van der Waals surface area contributed by atoms with Crippen molar-refractivity contribution in [3.63, 3.8) is 0 Å². The van der Waals surface area contributed by atoms with Gasteiger partial charge in [0.2, 0.25) is 0 Å². The molecule has 0 aromatic heterocycles. The third-order valence-electron chi connectivity index (χ3n) is 4.21. The maximum absolute atomic E-state index is 9.99. The molecule has 0 heterocycles. The van der Waals surface area contributed by atoms with Crippen LogP contribution in [-0.2, 0) is 9.47 Å². The van der Waals surface area contributed by atoms with Crippen LogP contribution in [0.5, 0.6) is 5.75 Å². The smallest absolute Gasteiger partial charge is 0.181 e. The minimum Gasteiger partial charge on any atom is -0.494 e. The Morgan fingerprint density at radius 3 is 2.08 bits per heavy atom. The molecule has 0 bridgehead atoms. The summed E-state index contributed by atoms with van der Waals surface area (Å²) in [6.07, 6.45) is 3.91. The number of aliphatic hydroxyl groups excluding tert-OH is 1. The van der Waals surface area contributed by atoms with Crippen molar-refractivity contribution in [1.82, 2.24) is 0 Å². The molecule has 0 aliphatic heterocycles. The summed E-state index contributed by atoms with van der Waals surface area (Å²) in [4.78, 5) is 0. The zero-order valence-electron chi connectivity index (χ0n) is 15.8. The molecule has 0 amide bonds. The average molecular weight is 358 g/mol. The summed E-state index contributed by atoms with van der Waals surface area (Å²) in [5.74, 6) is 0.906. The van der Waals surface area contributed by atoms with E-state index in [-0.39, 0.29) is 0 Å². The van der Waals surface area contributed by atoms with Crippen molar-refractivity contribution in [2.75, 3.05) is 26.9 Å². The van der Waals surface area contributed by atoms with Crippen molar-refractivity contribution in [3.8, 4) is 16.9 Å². The van der Waals surface area contributed by atoms with Gasteiger partial charge in [0.15, 0.2) is 6.29 Å². The molecule has 0 spiro atoms. The van der Waals surface area contributed by atoms with Gasteiger partial charge in [-0.3, -0.25) is 0 Å². The molecule has 2 rings (SSSR count). The Morgan fingerprint density at radius 2 is 1.46 bits per heavy atom. The molecule has 2 aromatic carbocycles. The van der Waals surface area contributed by atoms with E-state index in [9.17, 15) is 5.11 Å². The number of unbranched alkanes of at least 4 members (excludes halogenated alkanes) is 3. The molecule has 0 saturated heterocycles. The molecule has 4 nitrogen and oxygen atoms in total. The lowest BCUT2D eigenvalue weighted by atomic mass is 10.0. The molecule has 4 heteroatoms. The zero-order valence-corrected chi connectivity index (χ0v) is 15.8. The molecule has 0 aliphatic rings. The number of hydrogen-bond acceptors (Lipinski definition) is 4. The average Bonchev–Trinajstić information content (AvgIpc) is 2.68. The van der Waals surface area contributed by atoms with E-state index in [0.717, 1.165) is 35.5 Å². The van der Waals surface area contributed by atoms with Crippen LogP contribution in [0.1, 0.15) is 44.5 Å². The number of methoxy groups -OCH3 is 1. The van der Waals surface area contributed by atoms with Crippen LogP contribution in [0.2, 0.25) is 0 Å². The Kier molecular flexibility index (Phi) is 9.18. The van der Waals surface area contributed by atoms with E-state index in [1.807, 2.05) is 36.4 Å². The maximum atomic E-state index is 9.99. The van der Waals surface area contributed by atoms with Crippen molar-refractivity contribution >= 4 is 0 Å². The Balaban J connectivity index is 1.86. The van der Waals surface area contributed by atoms with Gasteiger partial charge in [0, 0.05) is 12.7 Å². The molecular formula is C22H30O4. The minimum absolute atomic E-state index is 0.360. The summed E-state index contributed by atoms with van der Waals surface area (Å²) < 4.78 is 16.0. The summed E-state index contributed by atoms with van der Waals surface area (Å²) in [5.41, 5.74) is 2.94. The highest BCUT2D eigenvalue weighted by Gasteiger charge is 2.08. The molecule has 1 unspecified atom stereocenters. The zero-order chi connectivity index (χ0) is 18.6. The van der Waals surface area contributed by atoms with E-state index in [1.165, 1.54) is 19.3 Å². The number of benzene rings is 2. The minimum atomic E-state index is -0.928. The highest BCUT2D eigenvalue weighted by Crippen LogP contribution is 2.24. The van der Waals surface area contributed by atoms with Gasteiger partial charge in [-0.25, -0.2) is 0 Å². The molecule has 0 fully saturated rings. The largest absolute Gasteiger partial charge is 0.494 e. The first-order valence-corrected chi connectivity index (χ1v) is 9.36. The molecule has 1 atom stereocenters. The van der Waals surface area contributed by atoms with Crippen LogP contribution in [0, 0.1) is 0 Å². The molecule has 142 valence electrons. The maximum Gasteiger partial charge on any atom is 0.181 e. The number of aliphatic hydroxyl groups is 1. The first kappa shape index (κ1) is 20.4. The van der Waals surface area contributed by atoms with Crippen molar-refractivity contribution < 1.29 is 19.3 Å². The lowest BCUT2D eigenvalue weighted by Gasteiger charge is -2.13. The fourth-order valence-electron chi connectivity index (χ4n) is 2.64. The third-order valence-corrected chi connectivity index (χ3v) is 4.21. The lowest BCUT2D eigenvalue weighted by molar-refractivity contribution is -0.113. The van der Waals surface area contributed by atoms with Gasteiger partial charge < -0.3 is 19.3 Å². The van der Waals surface area contributed by atoms with Gasteiger partial charge in [-0.1, -0.05) is 62.6 Å². The van der Waals surface area contributed by atoms with Gasteiger partial charge in [-0.2, -0.15) is 0 Å². The SMILES string of the molecule is CCCCCCOc1ccc(-c2ccc(C(O)OCCOC)cc2)cc1. The fourth-order valence-corrected chi connectivity index (χ4v) is 2.64. The van der Waals surface area contributed by atoms with E-state index in [4.69, 9.17) is 14.2 Å². The Labute approximate surface area is 156 Å². The van der Waals surface area contributed by atoms with Crippen LogP contribution in [0.25, 0.3) is 11.1 Å². The molecule has 26 heavy (non-hydrogen) atoms. The molecule has 0 radical (unpaired) electrons. The van der Waals surface area contributed by atoms with Crippen LogP contribution in [0.3, 0.4) is 0 Å². The van der Waals surface area contributed by atoms with Gasteiger partial charge in [-0.15, -0.1) is 0 Å². The van der Waals surface area contributed by atoms with E-state index >= 15 is 0 Å². The van der Waals surface area contributed by atoms with Gasteiger partial charge in [0.25, 0.3) is 0 Å². The van der Waals surface area contributed by atoms with Crippen LogP contribution in [-0.4, -0.2) is 32.0 Å². The molecule has 1 N–H and O–H groups in total. The van der Waals surface area contributed by atoms with E-state index in [2.05, 4.69) is 19.1 Å². The second-order valence-corrected chi connectivity index (χ2v) is 6.27. The molecule has 0 saturated carbocycles. The van der Waals surface area contributed by atoms with Gasteiger partial charge in [0.1, 0.15) is 5.75 Å². The van der Waals surface area contributed by atoms with E-state index in [1.54, 1.807) is 7.11 Å². The number of rotatable bonds is 12. The summed E-state index contributed by atoms with van der Waals surface area (Å²) in [6, 6.07) is 15.9. The van der Waals surface area contributed by atoms with Crippen molar-refractivity contribution in [1.29, 1.82) is 0 Å². The number of hydrogen-bond donors (Lipinski definition) is 1. The van der Waals surface area contributed by atoms with Crippen LogP contribution < -0.4 is 4.74 Å². The fraction of sp³-hybridized carbons (Fsp3) is 0.455. The summed E-state index contributed by atoms with van der Waals surface area (Å²) in [7, 11) is 1.60. The molecule has 2 aromatic rings. The monoisotopic (exact) mass is 358 g/mol. The molecular weight excluding hydrogens is 328 g/mol. The van der Waals surface area contributed by atoms with E-state index in [0.29, 0.717) is 13.2 Å². The van der Waals surface area contributed by atoms with Crippen molar-refractivity contribution in [3.05, 3.63) is 54.1 Å². The topological polar surface area (TPSA) is 47.9 Å². The van der Waals surface area contributed by atoms with Crippen molar-refractivity contribution in [2.45, 2.75) is 38.9 Å². The van der Waals surface area contributed by atoms with Gasteiger partial charge >= 0.3 is 0 Å². The quantitative estimate of drug-likeness (QED) is 0.430. The predicted molar refractivity (Wildman–Crippen MR) is 104 cm³/mol. The first-order valence-electron chi connectivity index (χ1n) is 9.36. The molecule has 0 aliphatic carbocycles. The summed E-state index contributed by atoms with van der Waals surface area (Å²) >= 11 is 0. The summed E-state index contributed by atoms with van der Waals surface area (Å²) in [6.45, 7) is 3.80. The second-order valence-electron chi connectivity index (χ2n) is 6.27. The van der Waals surface area contributed by atoms with Crippen LogP contribution >= 0.6 is 0 Å². The van der Waals surface area contributed by atoms with Crippen LogP contribution in [0.15, 0.2) is 48.5 Å². The summed E-state index contributed by atoms with van der Waals surface area (Å²) in [5, 5.41) is 9.99. The first-order chi connectivity index (χ1) is 12.7. The standard InChI is InChI=1S/C22H30O4/c1-3-4-5-6-15-25-21-13-11-19(12-14-21)18-7-9-20(10-8-18)22(23)26-17-16-24-2/h7-14,22-23H,3-6,15-17H2,1-2H3. The van der Waals surface area contributed by atoms with Crippen molar-refractivity contribution in [2.24, 2.45) is 0 Å². The van der Waals surface area contributed by atoms with Gasteiger partial charge in [-0.05, 0) is 29.7 Å². The predicted octanol–water partition coefficient (Wildman–Crippen LogP) is 4.97. The lowest BCUT2D eigenvalue weighted by Crippen LogP contribution is -2.08. The van der Waals surface area contributed by atoms with E-state index < -0.39 is 6.29 Å². The highest BCUT2D eigenvalue weighted by atomic mass is 16.6. The highest BCUT2D eigenvalue weighted by molar-refractivity contribution is 5.64. The Bertz CT molecular complexity index is 607. The Hall–Kier alpha value is -1.88.